The van der Waals surface area contributed by atoms with Gasteiger partial charge in [0.05, 0.1) is 0 Å². The average Bonchev–Trinajstić information content (AvgIpc) is 2.66. The Hall–Kier alpha value is -1.76. The zero-order valence-corrected chi connectivity index (χ0v) is 18.0. The van der Waals surface area contributed by atoms with Gasteiger partial charge in [-0.25, -0.2) is 0 Å². The molecule has 3 rings (SSSR count). The fourth-order valence-corrected chi connectivity index (χ4v) is 3.04. The van der Waals surface area contributed by atoms with Gasteiger partial charge in [-0.1, -0.05) is 70.0 Å². The fraction of sp³-hybridized carbons (Fsp3) is 0.320. The minimum atomic E-state index is 0. The number of pyridine rings is 1. The maximum atomic E-state index is 4.51. The second-order valence-corrected chi connectivity index (χ2v) is 6.72. The van der Waals surface area contributed by atoms with Crippen molar-refractivity contribution in [3.63, 3.8) is 0 Å². The number of hydrogen-bond acceptors (Lipinski definition) is 1. The summed E-state index contributed by atoms with van der Waals surface area (Å²) in [4.78, 5) is 4.51. The number of hydrogen-bond donors (Lipinski definition) is 0. The number of benzene rings is 2. The minimum Gasteiger partial charge on any atom is -0.304 e. The van der Waals surface area contributed by atoms with Gasteiger partial charge < -0.3 is 4.98 Å². The van der Waals surface area contributed by atoms with Gasteiger partial charge in [0.1, 0.15) is 0 Å². The third-order valence-electron chi connectivity index (χ3n) is 4.60. The van der Waals surface area contributed by atoms with Crippen molar-refractivity contribution in [2.24, 2.45) is 0 Å². The Labute approximate surface area is 178 Å². The first-order valence-electron chi connectivity index (χ1n) is 9.30. The Kier molecular flexibility index (Phi) is 10.2. The standard InChI is InChI=1S/C24H26N.CH4.Ir/c1-3-4-5-6-8-20-12-14-21(15-13-20)22-9-7-10-23(17-22)24-16-11-19(2)18-25-24;;/h7,9,11-18H,3-6,8H2,1-2H3;1H4;/q-1;;. The smallest absolute Gasteiger partial charge is 0.0190 e. The van der Waals surface area contributed by atoms with Crippen LogP contribution in [0.4, 0.5) is 0 Å². The topological polar surface area (TPSA) is 12.9 Å². The van der Waals surface area contributed by atoms with Crippen LogP contribution in [0.25, 0.3) is 22.4 Å². The summed E-state index contributed by atoms with van der Waals surface area (Å²) >= 11 is 0. The molecule has 0 aliphatic carbocycles. The average molecular weight is 537 g/mol. The molecule has 1 aromatic heterocycles. The Morgan fingerprint density at radius 3 is 2.33 bits per heavy atom. The number of unbranched alkanes of at least 4 members (excludes halogenated alkanes) is 3. The van der Waals surface area contributed by atoms with Gasteiger partial charge in [0.2, 0.25) is 0 Å². The molecule has 0 spiro atoms. The van der Waals surface area contributed by atoms with Crippen LogP contribution in [0, 0.1) is 13.0 Å². The van der Waals surface area contributed by atoms with E-state index in [1.54, 1.807) is 0 Å². The van der Waals surface area contributed by atoms with Crippen LogP contribution in [-0.4, -0.2) is 4.98 Å². The second-order valence-electron chi connectivity index (χ2n) is 6.72. The molecule has 0 unspecified atom stereocenters. The van der Waals surface area contributed by atoms with Gasteiger partial charge >= 0.3 is 0 Å². The molecule has 2 aromatic carbocycles. The third kappa shape index (κ3) is 6.72. The minimum absolute atomic E-state index is 0. The monoisotopic (exact) mass is 537 g/mol. The van der Waals surface area contributed by atoms with Crippen molar-refractivity contribution in [1.29, 1.82) is 0 Å². The Morgan fingerprint density at radius 1 is 0.889 bits per heavy atom. The van der Waals surface area contributed by atoms with Gasteiger partial charge in [0.25, 0.3) is 0 Å². The maximum absolute atomic E-state index is 4.51. The zero-order valence-electron chi connectivity index (χ0n) is 15.6. The normalized spacial score (nSPS) is 10.0. The van der Waals surface area contributed by atoms with Crippen molar-refractivity contribution in [3.8, 4) is 22.4 Å². The SMILES string of the molecule is C.CCCCCCc1ccc(-c2cc[c-]c(-c3ccc(C)cn3)c2)cc1.[Ir]. The Morgan fingerprint density at radius 2 is 1.67 bits per heavy atom. The van der Waals surface area contributed by atoms with Crippen molar-refractivity contribution in [2.45, 2.75) is 53.4 Å². The molecule has 1 heterocycles. The van der Waals surface area contributed by atoms with E-state index in [0.29, 0.717) is 0 Å². The first-order chi connectivity index (χ1) is 12.3. The first-order valence-corrected chi connectivity index (χ1v) is 9.30. The van der Waals surface area contributed by atoms with Crippen molar-refractivity contribution in [1.82, 2.24) is 4.98 Å². The van der Waals surface area contributed by atoms with Gasteiger partial charge in [-0.3, -0.25) is 0 Å². The number of rotatable bonds is 7. The van der Waals surface area contributed by atoms with Crippen molar-refractivity contribution in [2.75, 3.05) is 0 Å². The molecular formula is C25H30IrN-. The van der Waals surface area contributed by atoms with Gasteiger partial charge in [0, 0.05) is 26.3 Å². The summed E-state index contributed by atoms with van der Waals surface area (Å²) in [5, 5.41) is 0. The quantitative estimate of drug-likeness (QED) is 0.228. The summed E-state index contributed by atoms with van der Waals surface area (Å²) in [6.45, 7) is 4.31. The van der Waals surface area contributed by atoms with E-state index in [0.717, 1.165) is 11.3 Å². The molecule has 1 nitrogen and oxygen atoms in total. The molecule has 27 heavy (non-hydrogen) atoms. The Bertz CT molecular complexity index is 791. The van der Waals surface area contributed by atoms with E-state index < -0.39 is 0 Å². The maximum Gasteiger partial charge on any atom is 0.0190 e. The Balaban J connectivity index is 0.00000182. The molecule has 0 aliphatic heterocycles. The third-order valence-corrected chi connectivity index (χ3v) is 4.60. The predicted molar refractivity (Wildman–Crippen MR) is 113 cm³/mol. The molecular weight excluding hydrogens is 506 g/mol. The van der Waals surface area contributed by atoms with Crippen LogP contribution in [-0.2, 0) is 26.5 Å². The van der Waals surface area contributed by atoms with E-state index in [9.17, 15) is 0 Å². The van der Waals surface area contributed by atoms with E-state index in [1.165, 1.54) is 54.4 Å². The molecule has 0 fully saturated rings. The molecule has 145 valence electrons. The summed E-state index contributed by atoms with van der Waals surface area (Å²) in [6.07, 6.45) is 8.34. The summed E-state index contributed by atoms with van der Waals surface area (Å²) in [5.74, 6) is 0. The van der Waals surface area contributed by atoms with Gasteiger partial charge in [0.15, 0.2) is 0 Å². The zero-order chi connectivity index (χ0) is 17.5. The van der Waals surface area contributed by atoms with E-state index >= 15 is 0 Å². The first kappa shape index (κ1) is 23.3. The molecule has 0 bridgehead atoms. The molecule has 0 aliphatic rings. The summed E-state index contributed by atoms with van der Waals surface area (Å²) < 4.78 is 0. The summed E-state index contributed by atoms with van der Waals surface area (Å²) in [7, 11) is 0. The molecule has 2 heteroatoms. The van der Waals surface area contributed by atoms with Gasteiger partial charge in [-0.05, 0) is 42.1 Å². The van der Waals surface area contributed by atoms with Crippen LogP contribution >= 0.6 is 0 Å². The molecule has 0 saturated heterocycles. The van der Waals surface area contributed by atoms with E-state index in [-0.39, 0.29) is 27.5 Å². The van der Waals surface area contributed by atoms with Crippen LogP contribution in [0.2, 0.25) is 0 Å². The van der Waals surface area contributed by atoms with Crippen molar-refractivity contribution in [3.05, 3.63) is 78.0 Å². The van der Waals surface area contributed by atoms with Crippen LogP contribution in [0.1, 0.15) is 51.2 Å². The largest absolute Gasteiger partial charge is 0.304 e. The van der Waals surface area contributed by atoms with Gasteiger partial charge in [-0.15, -0.1) is 35.4 Å². The molecule has 3 aromatic rings. The van der Waals surface area contributed by atoms with E-state index in [1.807, 2.05) is 12.3 Å². The predicted octanol–water partition coefficient (Wildman–Crippen LogP) is 7.28. The second kappa shape index (κ2) is 11.8. The van der Waals surface area contributed by atoms with Crippen LogP contribution in [0.3, 0.4) is 0 Å². The van der Waals surface area contributed by atoms with Crippen molar-refractivity contribution < 1.29 is 20.1 Å². The van der Waals surface area contributed by atoms with E-state index in [4.69, 9.17) is 0 Å². The molecule has 0 N–H and O–H groups in total. The van der Waals surface area contributed by atoms with E-state index in [2.05, 4.69) is 73.4 Å². The van der Waals surface area contributed by atoms with Crippen LogP contribution in [0.15, 0.2) is 60.8 Å². The summed E-state index contributed by atoms with van der Waals surface area (Å²) in [5.41, 5.74) is 7.09. The molecule has 0 amide bonds. The molecule has 0 saturated carbocycles. The van der Waals surface area contributed by atoms with Crippen LogP contribution in [0.5, 0.6) is 0 Å². The van der Waals surface area contributed by atoms with Crippen molar-refractivity contribution >= 4 is 0 Å². The van der Waals surface area contributed by atoms with Crippen LogP contribution < -0.4 is 0 Å². The van der Waals surface area contributed by atoms with Gasteiger partial charge in [-0.2, -0.15) is 0 Å². The number of nitrogens with zero attached hydrogens (tertiary/aromatic N) is 1. The number of aryl methyl sites for hydroxylation is 2. The summed E-state index contributed by atoms with van der Waals surface area (Å²) in [6, 6.07) is 22.7. The fourth-order valence-electron chi connectivity index (χ4n) is 3.04. The molecule has 0 atom stereocenters. The molecule has 1 radical (unpaired) electrons. The number of aromatic nitrogens is 1.